The number of aryl methyl sites for hydroxylation is 1. The van der Waals surface area contributed by atoms with Crippen LogP contribution >= 0.6 is 11.3 Å². The van der Waals surface area contributed by atoms with E-state index in [2.05, 4.69) is 10.7 Å². The Balaban J connectivity index is 1.91. The summed E-state index contributed by atoms with van der Waals surface area (Å²) in [5.41, 5.74) is 8.35. The number of hydrogen-bond donors (Lipinski definition) is 2. The fraction of sp³-hybridized carbons (Fsp3) is 0.667. The number of alkyl carbamates (subject to hydrolysis) is 1. The lowest BCUT2D eigenvalue weighted by Gasteiger charge is -2.21. The number of hydrogen-bond acceptors (Lipinski definition) is 4. The highest BCUT2D eigenvalue weighted by molar-refractivity contribution is 7.10. The maximum atomic E-state index is 11.6. The van der Waals surface area contributed by atoms with Gasteiger partial charge >= 0.3 is 6.09 Å². The topological polar surface area (TPSA) is 64.3 Å². The Kier molecular flexibility index (Phi) is 4.70. The third kappa shape index (κ3) is 3.96. The standard InChI is InChI=1S/C15H24N2O2S/c1-15(2,3)19-14(18)17-8-12(16)11-9-20-13-7-5-4-6-10(11)13/h9,12H,4-8,16H2,1-3H3,(H,17,18). The molecule has 1 heterocycles. The minimum Gasteiger partial charge on any atom is -0.444 e. The molecule has 0 radical (unpaired) electrons. The number of thiophene rings is 1. The molecule has 5 heteroatoms. The molecule has 1 aliphatic carbocycles. The Labute approximate surface area is 124 Å². The van der Waals surface area contributed by atoms with Crippen LogP contribution in [0.1, 0.15) is 55.7 Å². The molecule has 20 heavy (non-hydrogen) atoms. The zero-order valence-corrected chi connectivity index (χ0v) is 13.3. The van der Waals surface area contributed by atoms with Gasteiger partial charge in [-0.05, 0) is 63.0 Å². The van der Waals surface area contributed by atoms with Crippen molar-refractivity contribution in [2.24, 2.45) is 5.73 Å². The van der Waals surface area contributed by atoms with Crippen molar-refractivity contribution in [3.8, 4) is 0 Å². The first-order valence-electron chi connectivity index (χ1n) is 7.18. The summed E-state index contributed by atoms with van der Waals surface area (Å²) in [6.07, 6.45) is 4.40. The van der Waals surface area contributed by atoms with Gasteiger partial charge in [0.25, 0.3) is 0 Å². The first-order chi connectivity index (χ1) is 9.37. The summed E-state index contributed by atoms with van der Waals surface area (Å²) in [6.45, 7) is 5.96. The quantitative estimate of drug-likeness (QED) is 0.900. The van der Waals surface area contributed by atoms with Gasteiger partial charge in [-0.15, -0.1) is 11.3 Å². The molecule has 2 rings (SSSR count). The monoisotopic (exact) mass is 296 g/mol. The first kappa shape index (κ1) is 15.3. The van der Waals surface area contributed by atoms with Gasteiger partial charge < -0.3 is 15.8 Å². The summed E-state index contributed by atoms with van der Waals surface area (Å²) in [4.78, 5) is 13.1. The van der Waals surface area contributed by atoms with Gasteiger partial charge in [-0.2, -0.15) is 0 Å². The Morgan fingerprint density at radius 1 is 1.45 bits per heavy atom. The minimum absolute atomic E-state index is 0.152. The Morgan fingerprint density at radius 3 is 2.85 bits per heavy atom. The number of nitrogens with one attached hydrogen (secondary N) is 1. The summed E-state index contributed by atoms with van der Waals surface area (Å²) in [5.74, 6) is 0. The minimum atomic E-state index is -0.476. The van der Waals surface area contributed by atoms with E-state index in [9.17, 15) is 4.79 Å². The molecule has 112 valence electrons. The maximum Gasteiger partial charge on any atom is 0.407 e. The van der Waals surface area contributed by atoms with E-state index in [4.69, 9.17) is 10.5 Å². The molecular formula is C15H24N2O2S. The van der Waals surface area contributed by atoms with Gasteiger partial charge in [0.1, 0.15) is 5.60 Å². The smallest absolute Gasteiger partial charge is 0.407 e. The van der Waals surface area contributed by atoms with Gasteiger partial charge in [0.15, 0.2) is 0 Å². The van der Waals surface area contributed by atoms with Gasteiger partial charge in [-0.1, -0.05) is 0 Å². The summed E-state index contributed by atoms with van der Waals surface area (Å²) in [6, 6.07) is -0.152. The fourth-order valence-electron chi connectivity index (χ4n) is 2.45. The molecule has 0 aliphatic heterocycles. The van der Waals surface area contributed by atoms with Crippen molar-refractivity contribution in [2.45, 2.75) is 58.1 Å². The second-order valence-corrected chi connectivity index (χ2v) is 7.25. The van der Waals surface area contributed by atoms with Gasteiger partial charge in [0.05, 0.1) is 0 Å². The lowest BCUT2D eigenvalue weighted by atomic mass is 9.93. The summed E-state index contributed by atoms with van der Waals surface area (Å²) in [7, 11) is 0. The van der Waals surface area contributed by atoms with Crippen LogP contribution in [0.3, 0.4) is 0 Å². The maximum absolute atomic E-state index is 11.6. The van der Waals surface area contributed by atoms with Gasteiger partial charge in [-0.3, -0.25) is 0 Å². The molecule has 4 nitrogen and oxygen atoms in total. The normalized spacial score (nSPS) is 16.4. The molecule has 0 saturated carbocycles. The fourth-order valence-corrected chi connectivity index (χ4v) is 3.66. The van der Waals surface area contributed by atoms with Crippen molar-refractivity contribution in [1.29, 1.82) is 0 Å². The number of carbonyl (C=O) groups is 1. The Hall–Kier alpha value is -1.07. The van der Waals surface area contributed by atoms with E-state index in [1.54, 1.807) is 11.3 Å². The Morgan fingerprint density at radius 2 is 2.15 bits per heavy atom. The number of fused-ring (bicyclic) bond motifs is 1. The highest BCUT2D eigenvalue weighted by Crippen LogP contribution is 2.32. The molecule has 0 aromatic carbocycles. The van der Waals surface area contributed by atoms with Crippen LogP contribution in [-0.4, -0.2) is 18.2 Å². The lowest BCUT2D eigenvalue weighted by molar-refractivity contribution is 0.0524. The van der Waals surface area contributed by atoms with Crippen LogP contribution < -0.4 is 11.1 Å². The molecule has 0 bridgehead atoms. The first-order valence-corrected chi connectivity index (χ1v) is 8.06. The SMILES string of the molecule is CC(C)(C)OC(=O)NCC(N)c1csc2c1CCCC2. The highest BCUT2D eigenvalue weighted by atomic mass is 32.1. The van der Waals surface area contributed by atoms with E-state index in [0.29, 0.717) is 6.54 Å². The molecule has 0 spiro atoms. The van der Waals surface area contributed by atoms with E-state index in [-0.39, 0.29) is 6.04 Å². The van der Waals surface area contributed by atoms with Crippen molar-refractivity contribution in [1.82, 2.24) is 5.32 Å². The molecule has 0 saturated heterocycles. The molecule has 1 amide bonds. The van der Waals surface area contributed by atoms with E-state index in [1.165, 1.54) is 35.3 Å². The molecule has 1 aromatic heterocycles. The molecule has 3 N–H and O–H groups in total. The van der Waals surface area contributed by atoms with Crippen LogP contribution in [0.2, 0.25) is 0 Å². The van der Waals surface area contributed by atoms with Crippen LogP contribution in [0.15, 0.2) is 5.38 Å². The van der Waals surface area contributed by atoms with Crippen molar-refractivity contribution >= 4 is 17.4 Å². The summed E-state index contributed by atoms with van der Waals surface area (Å²) >= 11 is 1.80. The van der Waals surface area contributed by atoms with E-state index in [0.717, 1.165) is 6.42 Å². The second kappa shape index (κ2) is 6.14. The molecule has 1 atom stereocenters. The number of nitrogens with two attached hydrogens (primary N) is 1. The molecule has 1 aliphatic rings. The average molecular weight is 296 g/mol. The zero-order valence-electron chi connectivity index (χ0n) is 12.5. The number of amides is 1. The van der Waals surface area contributed by atoms with Gasteiger partial charge in [0, 0.05) is 17.5 Å². The van der Waals surface area contributed by atoms with Crippen LogP contribution in [-0.2, 0) is 17.6 Å². The average Bonchev–Trinajstić information content (AvgIpc) is 2.78. The van der Waals surface area contributed by atoms with E-state index < -0.39 is 11.7 Å². The third-order valence-corrected chi connectivity index (χ3v) is 4.47. The van der Waals surface area contributed by atoms with Crippen molar-refractivity contribution < 1.29 is 9.53 Å². The van der Waals surface area contributed by atoms with E-state index in [1.807, 2.05) is 20.8 Å². The lowest BCUT2D eigenvalue weighted by Crippen LogP contribution is -2.36. The number of carbonyl (C=O) groups excluding carboxylic acids is 1. The zero-order chi connectivity index (χ0) is 14.8. The predicted octanol–water partition coefficient (Wildman–Crippen LogP) is 3.15. The molecule has 1 unspecified atom stereocenters. The molecule has 1 aromatic rings. The molecular weight excluding hydrogens is 272 g/mol. The van der Waals surface area contributed by atoms with Crippen LogP contribution in [0.4, 0.5) is 4.79 Å². The van der Waals surface area contributed by atoms with Crippen LogP contribution in [0.5, 0.6) is 0 Å². The van der Waals surface area contributed by atoms with Crippen molar-refractivity contribution in [3.05, 3.63) is 21.4 Å². The largest absolute Gasteiger partial charge is 0.444 e. The van der Waals surface area contributed by atoms with E-state index >= 15 is 0 Å². The number of rotatable bonds is 3. The number of ether oxygens (including phenoxy) is 1. The van der Waals surface area contributed by atoms with Gasteiger partial charge in [0.2, 0.25) is 0 Å². The highest BCUT2D eigenvalue weighted by Gasteiger charge is 2.21. The Bertz CT molecular complexity index is 477. The van der Waals surface area contributed by atoms with Crippen LogP contribution in [0.25, 0.3) is 0 Å². The van der Waals surface area contributed by atoms with Crippen molar-refractivity contribution in [3.63, 3.8) is 0 Å². The van der Waals surface area contributed by atoms with Crippen LogP contribution in [0, 0.1) is 0 Å². The van der Waals surface area contributed by atoms with Gasteiger partial charge in [-0.25, -0.2) is 4.79 Å². The summed E-state index contributed by atoms with van der Waals surface area (Å²) in [5, 5.41) is 4.90. The summed E-state index contributed by atoms with van der Waals surface area (Å²) < 4.78 is 5.22. The second-order valence-electron chi connectivity index (χ2n) is 6.29. The third-order valence-electron chi connectivity index (χ3n) is 3.36. The predicted molar refractivity (Wildman–Crippen MR) is 82.1 cm³/mol. The van der Waals surface area contributed by atoms with Crippen molar-refractivity contribution in [2.75, 3.05) is 6.54 Å². The molecule has 0 fully saturated rings.